The van der Waals surface area contributed by atoms with Gasteiger partial charge in [-0.25, -0.2) is 0 Å². The first-order valence-corrected chi connectivity index (χ1v) is 8.55. The van der Waals surface area contributed by atoms with Crippen molar-refractivity contribution >= 4 is 39.9 Å². The summed E-state index contributed by atoms with van der Waals surface area (Å²) in [6, 6.07) is 14.3. The third-order valence-electron chi connectivity index (χ3n) is 3.73. The number of para-hydroxylation sites is 1. The van der Waals surface area contributed by atoms with E-state index in [1.807, 2.05) is 30.3 Å². The summed E-state index contributed by atoms with van der Waals surface area (Å²) in [4.78, 5) is 28.0. The molecule has 1 N–H and O–H groups in total. The number of fused-ring (bicyclic) bond motifs is 1. The average molecular weight is 353 g/mol. The van der Waals surface area contributed by atoms with Crippen molar-refractivity contribution in [2.45, 2.75) is 11.8 Å². The predicted octanol–water partition coefficient (Wildman–Crippen LogP) is 4.18. The minimum Gasteiger partial charge on any atom is -0.325 e. The van der Waals surface area contributed by atoms with Crippen LogP contribution in [0.15, 0.2) is 59.6 Å². The summed E-state index contributed by atoms with van der Waals surface area (Å²) in [5, 5.41) is 14.7. The number of rotatable bonds is 5. The first-order valence-electron chi connectivity index (χ1n) is 7.56. The van der Waals surface area contributed by atoms with E-state index in [0.717, 1.165) is 15.8 Å². The molecule has 7 heteroatoms. The highest BCUT2D eigenvalue weighted by molar-refractivity contribution is 8.00. The molecule has 3 aromatic rings. The standard InChI is InChI=1S/C18H15N3O3S/c1-12-14(7-3-8-15(12)21(23)24)20-17(22)11-25-16-9-2-5-13-6-4-10-19-18(13)16/h2-10H,11H2,1H3,(H,20,22). The smallest absolute Gasteiger partial charge is 0.274 e. The lowest BCUT2D eigenvalue weighted by molar-refractivity contribution is -0.385. The average Bonchev–Trinajstić information content (AvgIpc) is 2.61. The number of carbonyl (C=O) groups excluding carboxylic acids is 1. The van der Waals surface area contributed by atoms with E-state index in [9.17, 15) is 14.9 Å². The van der Waals surface area contributed by atoms with Gasteiger partial charge in [0.15, 0.2) is 0 Å². The molecular weight excluding hydrogens is 338 g/mol. The second kappa shape index (κ2) is 7.31. The maximum atomic E-state index is 12.2. The Labute approximate surface area is 148 Å². The molecule has 0 aliphatic heterocycles. The Morgan fingerprint density at radius 3 is 2.76 bits per heavy atom. The fraction of sp³-hybridized carbons (Fsp3) is 0.111. The number of carbonyl (C=O) groups is 1. The third kappa shape index (κ3) is 3.77. The number of pyridine rings is 1. The Morgan fingerprint density at radius 1 is 1.20 bits per heavy atom. The maximum absolute atomic E-state index is 12.2. The molecule has 0 aliphatic rings. The van der Waals surface area contributed by atoms with Gasteiger partial charge in [0.1, 0.15) is 0 Å². The number of nitrogens with one attached hydrogen (secondary N) is 1. The number of nitro groups is 1. The van der Waals surface area contributed by atoms with Gasteiger partial charge in [-0.15, -0.1) is 11.8 Å². The number of thioether (sulfide) groups is 1. The molecule has 1 amide bonds. The summed E-state index contributed by atoms with van der Waals surface area (Å²) in [6.07, 6.45) is 1.72. The molecule has 6 nitrogen and oxygen atoms in total. The lowest BCUT2D eigenvalue weighted by Gasteiger charge is -2.09. The van der Waals surface area contributed by atoms with Crippen molar-refractivity contribution in [3.63, 3.8) is 0 Å². The van der Waals surface area contributed by atoms with Crippen molar-refractivity contribution in [3.05, 3.63) is 70.4 Å². The molecule has 0 spiro atoms. The van der Waals surface area contributed by atoms with E-state index in [4.69, 9.17) is 0 Å². The monoisotopic (exact) mass is 353 g/mol. The van der Waals surface area contributed by atoms with Crippen LogP contribution in [0.3, 0.4) is 0 Å². The Balaban J connectivity index is 1.71. The van der Waals surface area contributed by atoms with E-state index in [-0.39, 0.29) is 17.3 Å². The molecule has 0 aliphatic carbocycles. The van der Waals surface area contributed by atoms with E-state index in [2.05, 4.69) is 10.3 Å². The van der Waals surface area contributed by atoms with Crippen molar-refractivity contribution < 1.29 is 9.72 Å². The highest BCUT2D eigenvalue weighted by Gasteiger charge is 2.15. The zero-order valence-corrected chi connectivity index (χ0v) is 14.2. The van der Waals surface area contributed by atoms with Crippen LogP contribution in [0.25, 0.3) is 10.9 Å². The van der Waals surface area contributed by atoms with Gasteiger partial charge in [0, 0.05) is 22.5 Å². The molecule has 0 unspecified atom stereocenters. The summed E-state index contributed by atoms with van der Waals surface area (Å²) < 4.78 is 0. The number of benzene rings is 2. The first-order chi connectivity index (χ1) is 12.1. The van der Waals surface area contributed by atoms with Gasteiger partial charge in [0.05, 0.1) is 27.4 Å². The van der Waals surface area contributed by atoms with Crippen LogP contribution in [0.2, 0.25) is 0 Å². The van der Waals surface area contributed by atoms with Crippen molar-refractivity contribution in [3.8, 4) is 0 Å². The second-order valence-corrected chi connectivity index (χ2v) is 6.39. The number of nitro benzene ring substituents is 1. The summed E-state index contributed by atoms with van der Waals surface area (Å²) in [7, 11) is 0. The van der Waals surface area contributed by atoms with Crippen molar-refractivity contribution in [1.29, 1.82) is 0 Å². The second-order valence-electron chi connectivity index (χ2n) is 5.37. The van der Waals surface area contributed by atoms with Gasteiger partial charge in [-0.05, 0) is 25.1 Å². The number of nitrogens with zero attached hydrogens (tertiary/aromatic N) is 2. The van der Waals surface area contributed by atoms with Gasteiger partial charge in [-0.1, -0.05) is 24.3 Å². The number of hydrogen-bond acceptors (Lipinski definition) is 5. The summed E-state index contributed by atoms with van der Waals surface area (Å²) >= 11 is 1.39. The van der Waals surface area contributed by atoms with E-state index >= 15 is 0 Å². The van der Waals surface area contributed by atoms with Gasteiger partial charge in [-0.3, -0.25) is 19.9 Å². The summed E-state index contributed by atoms with van der Waals surface area (Å²) in [6.45, 7) is 1.62. The summed E-state index contributed by atoms with van der Waals surface area (Å²) in [5.74, 6) is -0.0285. The van der Waals surface area contributed by atoms with E-state index < -0.39 is 4.92 Å². The molecule has 1 heterocycles. The Morgan fingerprint density at radius 2 is 1.96 bits per heavy atom. The van der Waals surface area contributed by atoms with Gasteiger partial charge in [-0.2, -0.15) is 0 Å². The largest absolute Gasteiger partial charge is 0.325 e. The molecule has 3 rings (SSSR count). The Bertz CT molecular complexity index is 954. The fourth-order valence-electron chi connectivity index (χ4n) is 2.48. The summed E-state index contributed by atoms with van der Waals surface area (Å²) in [5.41, 5.74) is 1.74. The number of anilines is 1. The first kappa shape index (κ1) is 16.9. The molecule has 0 bridgehead atoms. The molecule has 126 valence electrons. The SMILES string of the molecule is Cc1c(NC(=O)CSc2cccc3cccnc23)cccc1[N+](=O)[O-]. The molecular formula is C18H15N3O3S. The van der Waals surface area contributed by atoms with Crippen molar-refractivity contribution in [2.24, 2.45) is 0 Å². The zero-order valence-electron chi connectivity index (χ0n) is 13.4. The van der Waals surface area contributed by atoms with E-state index in [1.165, 1.54) is 17.8 Å². The van der Waals surface area contributed by atoms with Crippen LogP contribution >= 0.6 is 11.8 Å². The molecule has 2 aromatic carbocycles. The number of aromatic nitrogens is 1. The molecule has 0 radical (unpaired) electrons. The topological polar surface area (TPSA) is 85.1 Å². The van der Waals surface area contributed by atoms with E-state index in [1.54, 1.807) is 25.3 Å². The van der Waals surface area contributed by atoms with Crippen LogP contribution in [0.4, 0.5) is 11.4 Å². The zero-order chi connectivity index (χ0) is 17.8. The van der Waals surface area contributed by atoms with Crippen LogP contribution in [-0.4, -0.2) is 21.6 Å². The van der Waals surface area contributed by atoms with Crippen molar-refractivity contribution in [1.82, 2.24) is 4.98 Å². The highest BCUT2D eigenvalue weighted by atomic mass is 32.2. The van der Waals surface area contributed by atoms with Gasteiger partial charge >= 0.3 is 0 Å². The minimum absolute atomic E-state index is 0.0105. The lowest BCUT2D eigenvalue weighted by atomic mass is 10.1. The van der Waals surface area contributed by atoms with Gasteiger partial charge in [0.25, 0.3) is 5.69 Å². The van der Waals surface area contributed by atoms with E-state index in [0.29, 0.717) is 11.3 Å². The molecule has 0 saturated heterocycles. The molecule has 0 fully saturated rings. The van der Waals surface area contributed by atoms with Crippen LogP contribution < -0.4 is 5.32 Å². The van der Waals surface area contributed by atoms with Gasteiger partial charge in [0.2, 0.25) is 5.91 Å². The third-order valence-corrected chi connectivity index (χ3v) is 4.78. The highest BCUT2D eigenvalue weighted by Crippen LogP contribution is 2.28. The Hall–Kier alpha value is -2.93. The van der Waals surface area contributed by atoms with Gasteiger partial charge < -0.3 is 5.32 Å². The number of amides is 1. The molecule has 1 aromatic heterocycles. The lowest BCUT2D eigenvalue weighted by Crippen LogP contribution is -2.15. The molecule has 25 heavy (non-hydrogen) atoms. The van der Waals surface area contributed by atoms with Crippen LogP contribution in [0.1, 0.15) is 5.56 Å². The number of hydrogen-bond donors (Lipinski definition) is 1. The van der Waals surface area contributed by atoms with Crippen LogP contribution in [-0.2, 0) is 4.79 Å². The normalized spacial score (nSPS) is 10.6. The predicted molar refractivity (Wildman–Crippen MR) is 98.9 cm³/mol. The minimum atomic E-state index is -0.457. The van der Waals surface area contributed by atoms with Crippen LogP contribution in [0.5, 0.6) is 0 Å². The Kier molecular flexibility index (Phi) is 4.95. The fourth-order valence-corrected chi connectivity index (χ4v) is 3.32. The molecule has 0 atom stereocenters. The maximum Gasteiger partial charge on any atom is 0.274 e. The van der Waals surface area contributed by atoms with Crippen LogP contribution in [0, 0.1) is 17.0 Å². The quantitative estimate of drug-likeness (QED) is 0.422. The molecule has 0 saturated carbocycles. The van der Waals surface area contributed by atoms with Crippen molar-refractivity contribution in [2.75, 3.05) is 11.1 Å².